The second-order valence-electron chi connectivity index (χ2n) is 4.82. The third-order valence-electron chi connectivity index (χ3n) is 3.76. The Balaban J connectivity index is 1.65. The maximum absolute atomic E-state index is 11.4. The molecule has 0 spiro atoms. The first-order chi connectivity index (χ1) is 7.24. The molecule has 0 aromatic carbocycles. The molecule has 0 aromatic heterocycles. The Hall–Kier alpha value is -0.900. The number of carbonyl (C=O) groups excluding carboxylic acids is 2. The van der Waals surface area contributed by atoms with Gasteiger partial charge in [-0.25, -0.2) is 0 Å². The fraction of sp³-hybridized carbons (Fsp3) is 0.818. The quantitative estimate of drug-likeness (QED) is 0.386. The topological polar surface area (TPSA) is 55.9 Å². The molecule has 15 heavy (non-hydrogen) atoms. The minimum Gasteiger partial charge on any atom is -0.393 e. The molecule has 2 heterocycles. The lowest BCUT2D eigenvalue weighted by atomic mass is 9.74. The fourth-order valence-electron chi connectivity index (χ4n) is 2.84. The van der Waals surface area contributed by atoms with E-state index in [-0.39, 0.29) is 23.8 Å². The Morgan fingerprint density at radius 3 is 2.60 bits per heavy atom. The maximum Gasteiger partial charge on any atom is 0.317 e. The van der Waals surface area contributed by atoms with E-state index in [9.17, 15) is 9.59 Å². The average molecular weight is 210 g/mol. The lowest BCUT2D eigenvalue weighted by molar-refractivity contribution is -0.153. The van der Waals surface area contributed by atoms with Crippen LogP contribution in [0.4, 0.5) is 0 Å². The van der Waals surface area contributed by atoms with Crippen molar-refractivity contribution in [2.24, 2.45) is 17.8 Å². The van der Waals surface area contributed by atoms with E-state index in [0.29, 0.717) is 12.0 Å². The standard InChI is InChI=1S/C11H14O4/c12-10-8-2-1-6(3-7-5-14-7)4-9(8)11(13)15-10/h6-9H,1-5H2. The number of rotatable bonds is 2. The average Bonchev–Trinajstić information content (AvgIpc) is 2.96. The van der Waals surface area contributed by atoms with Gasteiger partial charge in [-0.2, -0.15) is 0 Å². The molecule has 3 rings (SSSR count). The summed E-state index contributed by atoms with van der Waals surface area (Å²) in [5.41, 5.74) is 0. The predicted molar refractivity (Wildman–Crippen MR) is 49.8 cm³/mol. The van der Waals surface area contributed by atoms with Crippen molar-refractivity contribution in [3.63, 3.8) is 0 Å². The Kier molecular flexibility index (Phi) is 2.06. The highest BCUT2D eigenvalue weighted by Crippen LogP contribution is 2.41. The number of fused-ring (bicyclic) bond motifs is 1. The van der Waals surface area contributed by atoms with Gasteiger partial charge >= 0.3 is 11.9 Å². The Labute approximate surface area is 87.9 Å². The number of hydrogen-bond acceptors (Lipinski definition) is 4. The van der Waals surface area contributed by atoms with Gasteiger partial charge in [0.05, 0.1) is 24.5 Å². The minimum atomic E-state index is -0.300. The van der Waals surface area contributed by atoms with Crippen LogP contribution in [0.1, 0.15) is 25.7 Å². The first kappa shape index (κ1) is 9.33. The number of ether oxygens (including phenoxy) is 2. The van der Waals surface area contributed by atoms with Crippen LogP contribution in [-0.2, 0) is 19.1 Å². The van der Waals surface area contributed by atoms with Gasteiger partial charge in [-0.15, -0.1) is 0 Å². The van der Waals surface area contributed by atoms with E-state index in [0.717, 1.165) is 32.3 Å². The van der Waals surface area contributed by atoms with Crippen molar-refractivity contribution in [3.05, 3.63) is 0 Å². The molecule has 4 nitrogen and oxygen atoms in total. The zero-order valence-electron chi connectivity index (χ0n) is 8.48. The van der Waals surface area contributed by atoms with Gasteiger partial charge in [0.1, 0.15) is 0 Å². The summed E-state index contributed by atoms with van der Waals surface area (Å²) >= 11 is 0. The highest BCUT2D eigenvalue weighted by molar-refractivity contribution is 5.96. The van der Waals surface area contributed by atoms with Crippen LogP contribution in [0.5, 0.6) is 0 Å². The van der Waals surface area contributed by atoms with Gasteiger partial charge in [-0.3, -0.25) is 9.59 Å². The Bertz CT molecular complexity index is 308. The van der Waals surface area contributed by atoms with E-state index in [1.165, 1.54) is 0 Å². The summed E-state index contributed by atoms with van der Waals surface area (Å²) in [7, 11) is 0. The van der Waals surface area contributed by atoms with Crippen molar-refractivity contribution in [1.29, 1.82) is 0 Å². The summed E-state index contributed by atoms with van der Waals surface area (Å²) in [6.45, 7) is 0.869. The number of hydrogen-bond donors (Lipinski definition) is 0. The van der Waals surface area contributed by atoms with E-state index in [1.54, 1.807) is 0 Å². The van der Waals surface area contributed by atoms with Crippen LogP contribution in [0.2, 0.25) is 0 Å². The largest absolute Gasteiger partial charge is 0.393 e. The zero-order chi connectivity index (χ0) is 10.4. The second-order valence-corrected chi connectivity index (χ2v) is 4.82. The normalized spacial score (nSPS) is 43.7. The van der Waals surface area contributed by atoms with Crippen LogP contribution >= 0.6 is 0 Å². The molecule has 1 saturated carbocycles. The lowest BCUT2D eigenvalue weighted by Gasteiger charge is -2.27. The number of carbonyl (C=O) groups is 2. The summed E-state index contributed by atoms with van der Waals surface area (Å²) in [6, 6.07) is 0. The molecule has 4 unspecified atom stereocenters. The van der Waals surface area contributed by atoms with Crippen molar-refractivity contribution in [2.45, 2.75) is 31.8 Å². The van der Waals surface area contributed by atoms with E-state index >= 15 is 0 Å². The zero-order valence-corrected chi connectivity index (χ0v) is 8.48. The van der Waals surface area contributed by atoms with Crippen molar-refractivity contribution < 1.29 is 19.1 Å². The van der Waals surface area contributed by atoms with Gasteiger partial charge in [0.15, 0.2) is 0 Å². The molecular formula is C11H14O4. The third-order valence-corrected chi connectivity index (χ3v) is 3.76. The molecule has 4 heteroatoms. The summed E-state index contributed by atoms with van der Waals surface area (Å²) < 4.78 is 9.86. The molecular weight excluding hydrogens is 196 g/mol. The van der Waals surface area contributed by atoms with Crippen molar-refractivity contribution in [2.75, 3.05) is 6.61 Å². The number of epoxide rings is 1. The fourth-order valence-corrected chi connectivity index (χ4v) is 2.84. The van der Waals surface area contributed by atoms with E-state index in [2.05, 4.69) is 4.74 Å². The molecule has 1 aliphatic carbocycles. The van der Waals surface area contributed by atoms with Crippen LogP contribution < -0.4 is 0 Å². The van der Waals surface area contributed by atoms with Gasteiger partial charge in [-0.05, 0) is 31.6 Å². The molecule has 0 bridgehead atoms. The van der Waals surface area contributed by atoms with E-state index < -0.39 is 0 Å². The maximum atomic E-state index is 11.4. The summed E-state index contributed by atoms with van der Waals surface area (Å²) in [5.74, 6) is -0.362. The molecule has 2 saturated heterocycles. The molecule has 3 fully saturated rings. The van der Waals surface area contributed by atoms with Crippen molar-refractivity contribution in [3.8, 4) is 0 Å². The van der Waals surface area contributed by atoms with Crippen LogP contribution in [-0.4, -0.2) is 24.6 Å². The molecule has 4 atom stereocenters. The number of cyclic esters (lactones) is 2. The summed E-state index contributed by atoms with van der Waals surface area (Å²) in [4.78, 5) is 22.7. The van der Waals surface area contributed by atoms with Gasteiger partial charge < -0.3 is 9.47 Å². The van der Waals surface area contributed by atoms with Gasteiger partial charge in [0, 0.05) is 0 Å². The van der Waals surface area contributed by atoms with Crippen molar-refractivity contribution in [1.82, 2.24) is 0 Å². The monoisotopic (exact) mass is 210 g/mol. The predicted octanol–water partition coefficient (Wildman–Crippen LogP) is 0.891. The Morgan fingerprint density at radius 1 is 1.13 bits per heavy atom. The van der Waals surface area contributed by atoms with E-state index in [1.807, 2.05) is 0 Å². The van der Waals surface area contributed by atoms with Crippen LogP contribution in [0.3, 0.4) is 0 Å². The molecule has 0 amide bonds. The van der Waals surface area contributed by atoms with E-state index in [4.69, 9.17) is 4.74 Å². The van der Waals surface area contributed by atoms with Crippen molar-refractivity contribution >= 4 is 11.9 Å². The van der Waals surface area contributed by atoms with Crippen LogP contribution in [0, 0.1) is 17.8 Å². The molecule has 3 aliphatic rings. The SMILES string of the molecule is O=C1OC(=O)C2CC(CC3CO3)CCC12. The number of esters is 2. The molecule has 0 N–H and O–H groups in total. The van der Waals surface area contributed by atoms with Gasteiger partial charge in [0.25, 0.3) is 0 Å². The molecule has 2 aliphatic heterocycles. The summed E-state index contributed by atoms with van der Waals surface area (Å²) in [5, 5.41) is 0. The first-order valence-corrected chi connectivity index (χ1v) is 5.61. The smallest absolute Gasteiger partial charge is 0.317 e. The van der Waals surface area contributed by atoms with Crippen LogP contribution in [0.15, 0.2) is 0 Å². The van der Waals surface area contributed by atoms with Gasteiger partial charge in [-0.1, -0.05) is 0 Å². The highest BCUT2D eigenvalue weighted by atomic mass is 16.6. The highest BCUT2D eigenvalue weighted by Gasteiger charge is 2.48. The van der Waals surface area contributed by atoms with Crippen LogP contribution in [0.25, 0.3) is 0 Å². The summed E-state index contributed by atoms with van der Waals surface area (Å²) in [6.07, 6.45) is 4.12. The Morgan fingerprint density at radius 2 is 1.87 bits per heavy atom. The molecule has 82 valence electrons. The molecule has 0 radical (unpaired) electrons. The molecule has 0 aromatic rings. The second kappa shape index (κ2) is 3.30. The minimum absolute atomic E-state index is 0.145. The third kappa shape index (κ3) is 1.67. The lowest BCUT2D eigenvalue weighted by Crippen LogP contribution is -2.27. The van der Waals surface area contributed by atoms with Gasteiger partial charge in [0.2, 0.25) is 0 Å². The first-order valence-electron chi connectivity index (χ1n) is 5.61.